The van der Waals surface area contributed by atoms with Gasteiger partial charge in [0.15, 0.2) is 0 Å². The van der Waals surface area contributed by atoms with Crippen LogP contribution < -0.4 is 0 Å². The van der Waals surface area contributed by atoms with Crippen molar-refractivity contribution in [3.05, 3.63) is 0 Å². The van der Waals surface area contributed by atoms with Crippen molar-refractivity contribution in [2.24, 2.45) is 5.92 Å². The second-order valence-electron chi connectivity index (χ2n) is 4.48. The van der Waals surface area contributed by atoms with Crippen LogP contribution in [0.4, 0.5) is 0 Å². The molecule has 1 heterocycles. The summed E-state index contributed by atoms with van der Waals surface area (Å²) in [6.07, 6.45) is 8.79. The van der Waals surface area contributed by atoms with Gasteiger partial charge in [-0.25, -0.2) is 0 Å². The van der Waals surface area contributed by atoms with E-state index in [2.05, 4.69) is 11.8 Å². The summed E-state index contributed by atoms with van der Waals surface area (Å²) in [7, 11) is 0. The Bertz CT molecular complexity index is 138. The highest BCUT2D eigenvalue weighted by Crippen LogP contribution is 2.32. The number of likely N-dealkylation sites (tertiary alicyclic amines) is 1. The van der Waals surface area contributed by atoms with Crippen molar-refractivity contribution in [2.75, 3.05) is 13.1 Å². The largest absolute Gasteiger partial charge is 0.300 e. The lowest BCUT2D eigenvalue weighted by molar-refractivity contribution is 0.240. The van der Waals surface area contributed by atoms with E-state index in [1.807, 2.05) is 0 Å². The van der Waals surface area contributed by atoms with Crippen molar-refractivity contribution < 1.29 is 0 Å². The van der Waals surface area contributed by atoms with Crippen LogP contribution in [-0.2, 0) is 0 Å². The van der Waals surface area contributed by atoms with Crippen molar-refractivity contribution in [2.45, 2.75) is 51.5 Å². The van der Waals surface area contributed by atoms with Gasteiger partial charge in [0.05, 0.1) is 0 Å². The molecule has 0 N–H and O–H groups in total. The topological polar surface area (TPSA) is 3.24 Å². The van der Waals surface area contributed by atoms with Crippen LogP contribution >= 0.6 is 0 Å². The molecule has 1 heteroatoms. The predicted octanol–water partition coefficient (Wildman–Crippen LogP) is 2.66. The Kier molecular flexibility index (Phi) is 2.69. The zero-order valence-electron chi connectivity index (χ0n) is 8.26. The molecule has 0 aromatic rings. The van der Waals surface area contributed by atoms with Gasteiger partial charge in [-0.15, -0.1) is 0 Å². The molecule has 1 saturated carbocycles. The maximum Gasteiger partial charge on any atom is 0.00979 e. The van der Waals surface area contributed by atoms with Gasteiger partial charge < -0.3 is 4.90 Å². The molecule has 1 aliphatic heterocycles. The second-order valence-corrected chi connectivity index (χ2v) is 4.48. The summed E-state index contributed by atoms with van der Waals surface area (Å²) in [5.41, 5.74) is 0. The van der Waals surface area contributed by atoms with Crippen LogP contribution in [0, 0.1) is 5.92 Å². The fraction of sp³-hybridized carbons (Fsp3) is 1.00. The predicted molar refractivity (Wildman–Crippen MR) is 52.2 cm³/mol. The van der Waals surface area contributed by atoms with Gasteiger partial charge in [-0.2, -0.15) is 0 Å². The molecule has 2 atom stereocenters. The SMILES string of the molecule is CCC1CCC(N2CCCC2)C1. The molecule has 2 aliphatic rings. The van der Waals surface area contributed by atoms with Gasteiger partial charge in [-0.3, -0.25) is 0 Å². The Morgan fingerprint density at radius 2 is 1.92 bits per heavy atom. The van der Waals surface area contributed by atoms with E-state index in [1.54, 1.807) is 0 Å². The molecule has 12 heavy (non-hydrogen) atoms. The van der Waals surface area contributed by atoms with Crippen LogP contribution in [0.25, 0.3) is 0 Å². The maximum atomic E-state index is 2.73. The molecule has 1 aliphatic carbocycles. The Labute approximate surface area is 76.1 Å². The second kappa shape index (κ2) is 3.78. The van der Waals surface area contributed by atoms with Crippen LogP contribution in [-0.4, -0.2) is 24.0 Å². The van der Waals surface area contributed by atoms with Crippen LogP contribution in [0.5, 0.6) is 0 Å². The van der Waals surface area contributed by atoms with Gasteiger partial charge >= 0.3 is 0 Å². The molecule has 0 spiro atoms. The van der Waals surface area contributed by atoms with Crippen molar-refractivity contribution in [1.29, 1.82) is 0 Å². The summed E-state index contributed by atoms with van der Waals surface area (Å²) in [5, 5.41) is 0. The van der Waals surface area contributed by atoms with Crippen molar-refractivity contribution in [3.8, 4) is 0 Å². The number of hydrogen-bond donors (Lipinski definition) is 0. The third-order valence-electron chi connectivity index (χ3n) is 3.75. The van der Waals surface area contributed by atoms with Gasteiger partial charge in [-0.05, 0) is 51.1 Å². The van der Waals surface area contributed by atoms with E-state index < -0.39 is 0 Å². The van der Waals surface area contributed by atoms with Crippen LogP contribution in [0.3, 0.4) is 0 Å². The molecular weight excluding hydrogens is 146 g/mol. The minimum absolute atomic E-state index is 0.970. The fourth-order valence-electron chi connectivity index (χ4n) is 2.86. The standard InChI is InChI=1S/C11H21N/c1-2-10-5-6-11(9-10)12-7-3-4-8-12/h10-11H,2-9H2,1H3. The van der Waals surface area contributed by atoms with E-state index in [9.17, 15) is 0 Å². The van der Waals surface area contributed by atoms with E-state index >= 15 is 0 Å². The van der Waals surface area contributed by atoms with Gasteiger partial charge in [0, 0.05) is 6.04 Å². The normalized spacial score (nSPS) is 37.8. The minimum atomic E-state index is 0.970. The highest BCUT2D eigenvalue weighted by Gasteiger charge is 2.29. The molecule has 0 bridgehead atoms. The molecule has 0 aromatic heterocycles. The third-order valence-corrected chi connectivity index (χ3v) is 3.75. The zero-order valence-corrected chi connectivity index (χ0v) is 8.26. The maximum absolute atomic E-state index is 2.73. The lowest BCUT2D eigenvalue weighted by atomic mass is 10.1. The van der Waals surface area contributed by atoms with Crippen LogP contribution in [0.2, 0.25) is 0 Å². The highest BCUT2D eigenvalue weighted by molar-refractivity contribution is 4.84. The van der Waals surface area contributed by atoms with Crippen molar-refractivity contribution >= 4 is 0 Å². The monoisotopic (exact) mass is 167 g/mol. The fourth-order valence-corrected chi connectivity index (χ4v) is 2.86. The van der Waals surface area contributed by atoms with E-state index in [1.165, 1.54) is 51.6 Å². The first-order valence-corrected chi connectivity index (χ1v) is 5.64. The lowest BCUT2D eigenvalue weighted by Crippen LogP contribution is -2.30. The first-order valence-electron chi connectivity index (χ1n) is 5.64. The Morgan fingerprint density at radius 1 is 1.17 bits per heavy atom. The van der Waals surface area contributed by atoms with Gasteiger partial charge in [0.25, 0.3) is 0 Å². The molecule has 2 unspecified atom stereocenters. The minimum Gasteiger partial charge on any atom is -0.300 e. The number of rotatable bonds is 2. The van der Waals surface area contributed by atoms with Crippen molar-refractivity contribution in [3.63, 3.8) is 0 Å². The first kappa shape index (κ1) is 8.55. The van der Waals surface area contributed by atoms with Gasteiger partial charge in [-0.1, -0.05) is 13.3 Å². The smallest absolute Gasteiger partial charge is 0.00979 e. The third kappa shape index (κ3) is 1.66. The number of hydrogen-bond acceptors (Lipinski definition) is 1. The summed E-state index contributed by atoms with van der Waals surface area (Å²) in [4.78, 5) is 2.73. The quantitative estimate of drug-likeness (QED) is 0.611. The van der Waals surface area contributed by atoms with Gasteiger partial charge in [0.2, 0.25) is 0 Å². The summed E-state index contributed by atoms with van der Waals surface area (Å²) in [5.74, 6) is 1.05. The molecular formula is C11H21N. The molecule has 0 radical (unpaired) electrons. The Balaban J connectivity index is 1.81. The summed E-state index contributed by atoms with van der Waals surface area (Å²) < 4.78 is 0. The highest BCUT2D eigenvalue weighted by atomic mass is 15.2. The van der Waals surface area contributed by atoms with E-state index in [-0.39, 0.29) is 0 Å². The van der Waals surface area contributed by atoms with E-state index in [0.717, 1.165) is 12.0 Å². The Hall–Kier alpha value is -0.0400. The summed E-state index contributed by atoms with van der Waals surface area (Å²) in [6, 6.07) is 0.970. The molecule has 1 saturated heterocycles. The summed E-state index contributed by atoms with van der Waals surface area (Å²) >= 11 is 0. The molecule has 0 amide bonds. The van der Waals surface area contributed by atoms with Crippen molar-refractivity contribution in [1.82, 2.24) is 4.90 Å². The average molecular weight is 167 g/mol. The molecule has 0 aromatic carbocycles. The summed E-state index contributed by atoms with van der Waals surface area (Å²) in [6.45, 7) is 5.12. The first-order chi connectivity index (χ1) is 5.90. The molecule has 2 fully saturated rings. The molecule has 70 valence electrons. The van der Waals surface area contributed by atoms with E-state index in [0.29, 0.717) is 0 Å². The average Bonchev–Trinajstić information content (AvgIpc) is 2.75. The number of nitrogens with zero attached hydrogens (tertiary/aromatic N) is 1. The zero-order chi connectivity index (χ0) is 8.39. The molecule has 2 rings (SSSR count). The Morgan fingerprint density at radius 3 is 2.50 bits per heavy atom. The molecule has 1 nitrogen and oxygen atoms in total. The van der Waals surface area contributed by atoms with E-state index in [4.69, 9.17) is 0 Å². The lowest BCUT2D eigenvalue weighted by Gasteiger charge is -2.23. The van der Waals surface area contributed by atoms with Crippen LogP contribution in [0.1, 0.15) is 45.4 Å². The van der Waals surface area contributed by atoms with Gasteiger partial charge in [0.1, 0.15) is 0 Å². The van der Waals surface area contributed by atoms with Crippen LogP contribution in [0.15, 0.2) is 0 Å².